The molecule has 0 saturated carbocycles. The molecule has 0 aliphatic heterocycles. The van der Waals surface area contributed by atoms with Crippen LogP contribution in [0.2, 0.25) is 0 Å². The molecule has 4 N–H and O–H groups in total. The van der Waals surface area contributed by atoms with E-state index in [0.717, 1.165) is 23.5 Å². The quantitative estimate of drug-likeness (QED) is 0.660. The molecule has 0 radical (unpaired) electrons. The summed E-state index contributed by atoms with van der Waals surface area (Å²) in [6, 6.07) is 12.9. The van der Waals surface area contributed by atoms with Crippen LogP contribution in [0.3, 0.4) is 0 Å². The molecule has 2 aromatic carbocycles. The van der Waals surface area contributed by atoms with Gasteiger partial charge in [0, 0.05) is 23.3 Å². The lowest BCUT2D eigenvalue weighted by Crippen LogP contribution is -2.07. The second kappa shape index (κ2) is 7.08. The maximum atomic E-state index is 12.6. The maximum Gasteiger partial charge on any atom is 0.416 e. The number of rotatable bonds is 1. The normalized spacial score (nSPS) is 10.8. The number of benzene rings is 2. The summed E-state index contributed by atoms with van der Waals surface area (Å²) in [4.78, 5) is 3.96. The first-order valence-corrected chi connectivity index (χ1v) is 7.05. The minimum Gasteiger partial charge on any atom is -0.399 e. The number of para-hydroxylation sites is 1. The van der Waals surface area contributed by atoms with Gasteiger partial charge in [-0.3, -0.25) is 0 Å². The molecule has 7 heteroatoms. The summed E-state index contributed by atoms with van der Waals surface area (Å²) < 4.78 is 39.3. The number of hydrogen-bond acceptors (Lipinski definition) is 3. The molecule has 4 nitrogen and oxygen atoms in total. The molecule has 0 aliphatic rings. The van der Waals surface area contributed by atoms with Crippen molar-refractivity contribution in [1.82, 2.24) is 9.55 Å². The van der Waals surface area contributed by atoms with E-state index in [9.17, 15) is 13.2 Å². The molecule has 0 saturated heterocycles. The van der Waals surface area contributed by atoms with Crippen LogP contribution < -0.4 is 11.5 Å². The van der Waals surface area contributed by atoms with Gasteiger partial charge in [0.1, 0.15) is 0 Å². The molecule has 24 heavy (non-hydrogen) atoms. The van der Waals surface area contributed by atoms with Gasteiger partial charge in [0.2, 0.25) is 0 Å². The summed E-state index contributed by atoms with van der Waals surface area (Å²) in [5.74, 6) is 0. The van der Waals surface area contributed by atoms with E-state index in [4.69, 9.17) is 11.5 Å². The van der Waals surface area contributed by atoms with Gasteiger partial charge in [0.25, 0.3) is 0 Å². The molecule has 0 unspecified atom stereocenters. The summed E-state index contributed by atoms with van der Waals surface area (Å²) in [5, 5.41) is 0. The Kier molecular flexibility index (Phi) is 5.13. The molecular weight excluding hydrogens is 317 g/mol. The summed E-state index contributed by atoms with van der Waals surface area (Å²) in [6.07, 6.45) is -1.32. The Balaban J connectivity index is 0.000000249. The largest absolute Gasteiger partial charge is 0.416 e. The highest BCUT2D eigenvalue weighted by Gasteiger charge is 2.31. The fourth-order valence-electron chi connectivity index (χ4n) is 1.96. The number of aromatic nitrogens is 2. The van der Waals surface area contributed by atoms with E-state index in [1.54, 1.807) is 13.1 Å². The second-order valence-corrected chi connectivity index (χ2v) is 5.14. The molecule has 0 fully saturated rings. The zero-order valence-corrected chi connectivity index (χ0v) is 13.0. The Bertz CT molecular complexity index is 795. The van der Waals surface area contributed by atoms with Crippen LogP contribution in [0.4, 0.5) is 24.5 Å². The summed E-state index contributed by atoms with van der Waals surface area (Å²) in [6.45, 7) is 1.76. The van der Waals surface area contributed by atoms with Gasteiger partial charge in [-0.05, 0) is 37.3 Å². The van der Waals surface area contributed by atoms with Crippen molar-refractivity contribution < 1.29 is 13.2 Å². The van der Waals surface area contributed by atoms with E-state index in [-0.39, 0.29) is 5.69 Å². The molecule has 0 amide bonds. The molecule has 3 aromatic rings. The molecule has 0 aliphatic carbocycles. The van der Waals surface area contributed by atoms with Crippen LogP contribution in [0.15, 0.2) is 61.1 Å². The smallest absolute Gasteiger partial charge is 0.399 e. The van der Waals surface area contributed by atoms with Crippen LogP contribution in [-0.2, 0) is 6.18 Å². The van der Waals surface area contributed by atoms with Crippen LogP contribution in [0.25, 0.3) is 5.69 Å². The molecule has 0 atom stereocenters. The standard InChI is InChI=1S/C11H10F3N3.C6H7N/c1-7-5-17(6-16-7)10-3-8(11(12,13)14)2-9(15)4-10;7-6-4-2-1-3-5-6/h2-6H,15H2,1H3;1-5H,7H2. The Morgan fingerprint density at radius 1 is 0.958 bits per heavy atom. The highest BCUT2D eigenvalue weighted by molar-refractivity contribution is 5.51. The SMILES string of the molecule is Cc1cn(-c2cc(N)cc(C(F)(F)F)c2)cn1.Nc1ccccc1. The number of nitrogen functional groups attached to an aromatic ring is 2. The molecule has 1 aromatic heterocycles. The zero-order chi connectivity index (χ0) is 17.7. The minimum atomic E-state index is -4.40. The van der Waals surface area contributed by atoms with Crippen LogP contribution >= 0.6 is 0 Å². The van der Waals surface area contributed by atoms with Gasteiger partial charge in [-0.15, -0.1) is 0 Å². The highest BCUT2D eigenvalue weighted by atomic mass is 19.4. The Labute approximate surface area is 137 Å². The van der Waals surface area contributed by atoms with Crippen LogP contribution in [-0.4, -0.2) is 9.55 Å². The molecule has 0 spiro atoms. The Morgan fingerprint density at radius 3 is 2.08 bits per heavy atom. The third-order valence-corrected chi connectivity index (χ3v) is 3.08. The van der Waals surface area contributed by atoms with E-state index < -0.39 is 11.7 Å². The van der Waals surface area contributed by atoms with E-state index in [2.05, 4.69) is 4.98 Å². The van der Waals surface area contributed by atoms with Crippen molar-refractivity contribution in [3.63, 3.8) is 0 Å². The van der Waals surface area contributed by atoms with Crippen LogP contribution in [0, 0.1) is 6.92 Å². The first kappa shape index (κ1) is 17.4. The van der Waals surface area contributed by atoms with Crippen LogP contribution in [0.1, 0.15) is 11.3 Å². The fraction of sp³-hybridized carbons (Fsp3) is 0.118. The number of imidazole rings is 1. The van der Waals surface area contributed by atoms with Crippen molar-refractivity contribution in [3.8, 4) is 5.69 Å². The summed E-state index contributed by atoms with van der Waals surface area (Å²) in [7, 11) is 0. The predicted molar refractivity (Wildman–Crippen MR) is 88.6 cm³/mol. The van der Waals surface area contributed by atoms with Gasteiger partial charge in [0.15, 0.2) is 0 Å². The second-order valence-electron chi connectivity index (χ2n) is 5.14. The monoisotopic (exact) mass is 334 g/mol. The number of aryl methyl sites for hydroxylation is 1. The Hall–Kier alpha value is -2.96. The van der Waals surface area contributed by atoms with Crippen molar-refractivity contribution >= 4 is 11.4 Å². The lowest BCUT2D eigenvalue weighted by atomic mass is 10.1. The fourth-order valence-corrected chi connectivity index (χ4v) is 1.96. The Morgan fingerprint density at radius 2 is 1.62 bits per heavy atom. The van der Waals surface area contributed by atoms with Crippen molar-refractivity contribution in [2.45, 2.75) is 13.1 Å². The van der Waals surface area contributed by atoms with E-state index in [0.29, 0.717) is 5.69 Å². The van der Waals surface area contributed by atoms with Gasteiger partial charge in [-0.2, -0.15) is 13.2 Å². The number of nitrogens with zero attached hydrogens (tertiary/aromatic N) is 2. The van der Waals surface area contributed by atoms with Gasteiger partial charge < -0.3 is 16.0 Å². The number of anilines is 2. The zero-order valence-electron chi connectivity index (χ0n) is 13.0. The summed E-state index contributed by atoms with van der Waals surface area (Å²) >= 11 is 0. The average Bonchev–Trinajstić information content (AvgIpc) is 2.94. The molecule has 126 valence electrons. The first-order valence-electron chi connectivity index (χ1n) is 7.05. The molecule has 3 rings (SSSR count). The van der Waals surface area contributed by atoms with Crippen molar-refractivity contribution in [3.05, 3.63) is 72.3 Å². The topological polar surface area (TPSA) is 69.9 Å². The predicted octanol–water partition coefficient (Wildman–Crippen LogP) is 4.05. The number of alkyl halides is 3. The number of nitrogens with two attached hydrogens (primary N) is 2. The van der Waals surface area contributed by atoms with E-state index in [1.165, 1.54) is 17.0 Å². The lowest BCUT2D eigenvalue weighted by Gasteiger charge is -2.10. The van der Waals surface area contributed by atoms with Gasteiger partial charge in [0.05, 0.1) is 17.6 Å². The van der Waals surface area contributed by atoms with Crippen LogP contribution in [0.5, 0.6) is 0 Å². The third-order valence-electron chi connectivity index (χ3n) is 3.08. The third kappa shape index (κ3) is 4.77. The average molecular weight is 334 g/mol. The summed E-state index contributed by atoms with van der Waals surface area (Å²) in [5.41, 5.74) is 12.0. The molecular formula is C17H17F3N4. The number of halogens is 3. The van der Waals surface area contributed by atoms with Gasteiger partial charge in [-0.25, -0.2) is 4.98 Å². The lowest BCUT2D eigenvalue weighted by molar-refractivity contribution is -0.137. The highest BCUT2D eigenvalue weighted by Crippen LogP contribution is 2.32. The maximum absolute atomic E-state index is 12.6. The van der Waals surface area contributed by atoms with E-state index >= 15 is 0 Å². The molecule has 1 heterocycles. The van der Waals surface area contributed by atoms with E-state index in [1.807, 2.05) is 30.3 Å². The van der Waals surface area contributed by atoms with Crippen molar-refractivity contribution in [2.24, 2.45) is 0 Å². The minimum absolute atomic E-state index is 0.0705. The van der Waals surface area contributed by atoms with Crippen molar-refractivity contribution in [2.75, 3.05) is 11.5 Å². The van der Waals surface area contributed by atoms with Gasteiger partial charge in [-0.1, -0.05) is 18.2 Å². The molecule has 0 bridgehead atoms. The van der Waals surface area contributed by atoms with Gasteiger partial charge >= 0.3 is 6.18 Å². The van der Waals surface area contributed by atoms with Crippen molar-refractivity contribution in [1.29, 1.82) is 0 Å². The number of hydrogen-bond donors (Lipinski definition) is 2. The first-order chi connectivity index (χ1) is 11.3.